The molecule has 0 heterocycles. The van der Waals surface area contributed by atoms with Gasteiger partial charge in [-0.2, -0.15) is 0 Å². The second-order valence-corrected chi connectivity index (χ2v) is 6.11. The topological polar surface area (TPSA) is 0 Å². The Bertz CT molecular complexity index is 518. The maximum absolute atomic E-state index is 6.59. The molecule has 0 radical (unpaired) electrons. The van der Waals surface area contributed by atoms with E-state index in [0.29, 0.717) is 0 Å². The number of alkyl halides is 2. The molecule has 3 aliphatic carbocycles. The molecule has 2 aromatic carbocycles. The van der Waals surface area contributed by atoms with Gasteiger partial charge in [0.2, 0.25) is 0 Å². The molecule has 0 saturated carbocycles. The molecule has 2 atom stereocenters. The molecule has 0 N–H and O–H groups in total. The summed E-state index contributed by atoms with van der Waals surface area (Å²) in [6, 6.07) is 17.2. The zero-order valence-corrected chi connectivity index (χ0v) is 11.2. The molecule has 0 saturated heterocycles. The van der Waals surface area contributed by atoms with Crippen molar-refractivity contribution < 1.29 is 0 Å². The Morgan fingerprint density at radius 1 is 0.556 bits per heavy atom. The average Bonchev–Trinajstić information content (AvgIpc) is 2.42. The second kappa shape index (κ2) is 3.76. The largest absolute Gasteiger partial charge is 0.120 e. The van der Waals surface area contributed by atoms with Crippen LogP contribution in [-0.4, -0.2) is 10.8 Å². The molecule has 0 fully saturated rings. The molecule has 2 aromatic rings. The van der Waals surface area contributed by atoms with Crippen molar-refractivity contribution in [3.8, 4) is 0 Å². The lowest BCUT2D eigenvalue weighted by atomic mass is 9.63. The SMILES string of the molecule is Cl[C@H]1C2c3ccccc3C(c3ccccc32)[C@@H]1Cl. The molecule has 90 valence electrons. The number of rotatable bonds is 0. The van der Waals surface area contributed by atoms with E-state index in [1.165, 1.54) is 22.3 Å². The molecular formula is C16H12Cl2. The number of fused-ring (bicyclic) bond motifs is 1. The van der Waals surface area contributed by atoms with E-state index in [2.05, 4.69) is 48.5 Å². The highest BCUT2D eigenvalue weighted by Gasteiger charge is 2.48. The third kappa shape index (κ3) is 1.23. The molecule has 0 aliphatic heterocycles. The summed E-state index contributed by atoms with van der Waals surface area (Å²) in [4.78, 5) is 0. The van der Waals surface area contributed by atoms with Gasteiger partial charge in [0.15, 0.2) is 0 Å². The second-order valence-electron chi connectivity index (χ2n) is 5.10. The molecule has 0 nitrogen and oxygen atoms in total. The molecule has 3 aliphatic rings. The molecule has 0 aromatic heterocycles. The normalized spacial score (nSPS) is 31.9. The minimum atomic E-state index is -0.0125. The molecule has 5 rings (SSSR count). The van der Waals surface area contributed by atoms with Crippen LogP contribution >= 0.6 is 23.2 Å². The smallest absolute Gasteiger partial charge is 0.0618 e. The fourth-order valence-corrected chi connectivity index (χ4v) is 4.38. The molecule has 0 spiro atoms. The molecule has 2 bridgehead atoms. The van der Waals surface area contributed by atoms with E-state index in [-0.39, 0.29) is 22.6 Å². The number of halogens is 2. The molecule has 0 amide bonds. The van der Waals surface area contributed by atoms with Gasteiger partial charge < -0.3 is 0 Å². The van der Waals surface area contributed by atoms with Crippen molar-refractivity contribution >= 4 is 23.2 Å². The maximum atomic E-state index is 6.59. The van der Waals surface area contributed by atoms with Crippen molar-refractivity contribution in [3.63, 3.8) is 0 Å². The van der Waals surface area contributed by atoms with Gasteiger partial charge in [-0.3, -0.25) is 0 Å². The van der Waals surface area contributed by atoms with Crippen molar-refractivity contribution in [1.82, 2.24) is 0 Å². The van der Waals surface area contributed by atoms with E-state index in [4.69, 9.17) is 23.2 Å². The monoisotopic (exact) mass is 274 g/mol. The van der Waals surface area contributed by atoms with Gasteiger partial charge in [0.25, 0.3) is 0 Å². The van der Waals surface area contributed by atoms with Crippen LogP contribution in [0.5, 0.6) is 0 Å². The molecule has 2 heteroatoms. The Labute approximate surface area is 117 Å². The first-order valence-corrected chi connectivity index (χ1v) is 7.12. The van der Waals surface area contributed by atoms with Crippen LogP contribution < -0.4 is 0 Å². The van der Waals surface area contributed by atoms with Crippen LogP contribution in [0.15, 0.2) is 48.5 Å². The van der Waals surface area contributed by atoms with Crippen LogP contribution in [0.2, 0.25) is 0 Å². The van der Waals surface area contributed by atoms with Crippen molar-refractivity contribution in [3.05, 3.63) is 70.8 Å². The Morgan fingerprint density at radius 3 is 1.11 bits per heavy atom. The number of hydrogen-bond donors (Lipinski definition) is 0. The molecule has 18 heavy (non-hydrogen) atoms. The Kier molecular flexibility index (Phi) is 2.27. The van der Waals surface area contributed by atoms with Crippen LogP contribution in [0.25, 0.3) is 0 Å². The average molecular weight is 275 g/mol. The summed E-state index contributed by atoms with van der Waals surface area (Å²) in [6.07, 6.45) is 0. The quantitative estimate of drug-likeness (QED) is 0.621. The van der Waals surface area contributed by atoms with Gasteiger partial charge in [-0.05, 0) is 22.3 Å². The molecular weight excluding hydrogens is 263 g/mol. The zero-order valence-electron chi connectivity index (χ0n) is 9.68. The number of benzene rings is 2. The van der Waals surface area contributed by atoms with Crippen molar-refractivity contribution in [2.24, 2.45) is 0 Å². The minimum Gasteiger partial charge on any atom is -0.120 e. The first kappa shape index (κ1) is 10.9. The van der Waals surface area contributed by atoms with E-state index in [0.717, 1.165) is 0 Å². The van der Waals surface area contributed by atoms with Gasteiger partial charge in [0, 0.05) is 11.8 Å². The highest BCUT2D eigenvalue weighted by Crippen LogP contribution is 2.55. The highest BCUT2D eigenvalue weighted by atomic mass is 35.5. The van der Waals surface area contributed by atoms with Crippen LogP contribution in [-0.2, 0) is 0 Å². The van der Waals surface area contributed by atoms with E-state index in [1.54, 1.807) is 0 Å². The number of hydrogen-bond acceptors (Lipinski definition) is 0. The van der Waals surface area contributed by atoms with E-state index >= 15 is 0 Å². The Hall–Kier alpha value is -0.980. The lowest BCUT2D eigenvalue weighted by Crippen LogP contribution is -2.41. The maximum Gasteiger partial charge on any atom is 0.0618 e. The zero-order chi connectivity index (χ0) is 12.3. The third-order valence-corrected chi connectivity index (χ3v) is 5.45. The Balaban J connectivity index is 2.06. The third-order valence-electron chi connectivity index (χ3n) is 4.27. The predicted octanol–water partition coefficient (Wildman–Crippen LogP) is 4.49. The van der Waals surface area contributed by atoms with E-state index in [9.17, 15) is 0 Å². The van der Waals surface area contributed by atoms with Crippen molar-refractivity contribution in [2.75, 3.05) is 0 Å². The van der Waals surface area contributed by atoms with Crippen LogP contribution in [0.3, 0.4) is 0 Å². The minimum absolute atomic E-state index is 0.0125. The van der Waals surface area contributed by atoms with Crippen molar-refractivity contribution in [1.29, 1.82) is 0 Å². The lowest BCUT2D eigenvalue weighted by Gasteiger charge is -2.46. The first-order chi connectivity index (χ1) is 8.79. The Morgan fingerprint density at radius 2 is 0.833 bits per heavy atom. The summed E-state index contributed by atoms with van der Waals surface area (Å²) in [6.45, 7) is 0. The van der Waals surface area contributed by atoms with Gasteiger partial charge >= 0.3 is 0 Å². The van der Waals surface area contributed by atoms with Gasteiger partial charge in [-0.1, -0.05) is 48.5 Å². The van der Waals surface area contributed by atoms with Crippen LogP contribution in [0.1, 0.15) is 34.1 Å². The summed E-state index contributed by atoms with van der Waals surface area (Å²) in [5.74, 6) is 0.484. The fourth-order valence-electron chi connectivity index (χ4n) is 3.54. The van der Waals surface area contributed by atoms with E-state index in [1.807, 2.05) is 0 Å². The van der Waals surface area contributed by atoms with Crippen LogP contribution in [0, 0.1) is 0 Å². The van der Waals surface area contributed by atoms with Gasteiger partial charge in [-0.25, -0.2) is 0 Å². The standard InChI is InChI=1S/C16H12Cl2/c17-15-13-9-5-1-2-6-10(9)14(16(15)18)12-8-4-3-7-11(12)13/h1-8,13-16H/t13?,14?,15-,16-/m0/s1. The summed E-state index contributed by atoms with van der Waals surface area (Å²) < 4.78 is 0. The van der Waals surface area contributed by atoms with Crippen molar-refractivity contribution in [2.45, 2.75) is 22.6 Å². The summed E-state index contributed by atoms with van der Waals surface area (Å²) in [7, 11) is 0. The predicted molar refractivity (Wildman–Crippen MR) is 75.9 cm³/mol. The van der Waals surface area contributed by atoms with Gasteiger partial charge in [0.05, 0.1) is 10.8 Å². The summed E-state index contributed by atoms with van der Waals surface area (Å²) >= 11 is 13.2. The first-order valence-electron chi connectivity index (χ1n) is 6.25. The van der Waals surface area contributed by atoms with E-state index < -0.39 is 0 Å². The summed E-state index contributed by atoms with van der Waals surface area (Å²) in [5, 5.41) is -0.0251. The summed E-state index contributed by atoms with van der Waals surface area (Å²) in [5.41, 5.74) is 5.44. The highest BCUT2D eigenvalue weighted by molar-refractivity contribution is 6.31. The molecule has 0 unspecified atom stereocenters. The lowest BCUT2D eigenvalue weighted by molar-refractivity contribution is 0.535. The fraction of sp³-hybridized carbons (Fsp3) is 0.250. The van der Waals surface area contributed by atoms with Gasteiger partial charge in [-0.15, -0.1) is 23.2 Å². The van der Waals surface area contributed by atoms with Crippen LogP contribution in [0.4, 0.5) is 0 Å². The van der Waals surface area contributed by atoms with Gasteiger partial charge in [0.1, 0.15) is 0 Å².